The van der Waals surface area contributed by atoms with E-state index in [4.69, 9.17) is 5.73 Å². The number of alkyl halides is 3. The number of aliphatic imine (C=N–C) groups is 1. The Hall–Kier alpha value is -3.15. The lowest BCUT2D eigenvalue weighted by molar-refractivity contribution is -0.137. The molecule has 0 heterocycles. The van der Waals surface area contributed by atoms with Crippen molar-refractivity contribution in [1.82, 2.24) is 0 Å². The molecule has 138 valence electrons. The number of benzene rings is 3. The monoisotopic (exact) mass is 372 g/mol. The summed E-state index contributed by atoms with van der Waals surface area (Å²) in [6, 6.07) is 18.4. The van der Waals surface area contributed by atoms with Crippen LogP contribution in [0.5, 0.6) is 0 Å². The largest absolute Gasteiger partial charge is 0.416 e. The predicted molar refractivity (Wildman–Crippen MR) is 97.7 cm³/mol. The number of amidine groups is 1. The van der Waals surface area contributed by atoms with Crippen molar-refractivity contribution in [1.29, 1.82) is 0 Å². The van der Waals surface area contributed by atoms with E-state index in [-0.39, 0.29) is 12.4 Å². The Bertz CT molecular complexity index is 946. The van der Waals surface area contributed by atoms with Gasteiger partial charge in [-0.15, -0.1) is 0 Å². The summed E-state index contributed by atoms with van der Waals surface area (Å²) in [5, 5.41) is 0. The summed E-state index contributed by atoms with van der Waals surface area (Å²) in [4.78, 5) is 4.15. The minimum absolute atomic E-state index is 0.103. The van der Waals surface area contributed by atoms with Crippen LogP contribution in [0.1, 0.15) is 16.7 Å². The van der Waals surface area contributed by atoms with Gasteiger partial charge in [0.05, 0.1) is 12.1 Å². The molecule has 27 heavy (non-hydrogen) atoms. The Labute approximate surface area is 154 Å². The zero-order valence-electron chi connectivity index (χ0n) is 14.2. The van der Waals surface area contributed by atoms with E-state index in [2.05, 4.69) is 4.99 Å². The molecule has 0 radical (unpaired) electrons. The van der Waals surface area contributed by atoms with Crippen molar-refractivity contribution in [2.45, 2.75) is 12.7 Å². The van der Waals surface area contributed by atoms with Gasteiger partial charge in [-0.2, -0.15) is 13.2 Å². The van der Waals surface area contributed by atoms with E-state index >= 15 is 0 Å². The van der Waals surface area contributed by atoms with Crippen LogP contribution < -0.4 is 5.73 Å². The third-order valence-electron chi connectivity index (χ3n) is 4.06. The SMILES string of the molecule is NC(=NCc1ccc(C(F)(F)F)cc1)c1ccc(-c2ccccc2)c(F)c1. The van der Waals surface area contributed by atoms with Crippen LogP contribution in [0.2, 0.25) is 0 Å². The highest BCUT2D eigenvalue weighted by Gasteiger charge is 2.29. The molecule has 3 aromatic rings. The van der Waals surface area contributed by atoms with Gasteiger partial charge in [-0.05, 0) is 29.3 Å². The van der Waals surface area contributed by atoms with Gasteiger partial charge in [-0.1, -0.05) is 54.6 Å². The molecule has 2 N–H and O–H groups in total. The minimum atomic E-state index is -4.38. The Morgan fingerprint density at radius 1 is 0.889 bits per heavy atom. The van der Waals surface area contributed by atoms with Gasteiger partial charge in [-0.3, -0.25) is 4.99 Å². The smallest absolute Gasteiger partial charge is 0.383 e. The molecule has 0 spiro atoms. The van der Waals surface area contributed by atoms with E-state index < -0.39 is 17.6 Å². The van der Waals surface area contributed by atoms with Crippen LogP contribution >= 0.6 is 0 Å². The summed E-state index contributed by atoms with van der Waals surface area (Å²) in [6.45, 7) is 0.103. The number of hydrogen-bond donors (Lipinski definition) is 1. The normalized spacial score (nSPS) is 12.2. The number of hydrogen-bond acceptors (Lipinski definition) is 1. The van der Waals surface area contributed by atoms with Crippen LogP contribution in [0, 0.1) is 5.82 Å². The fraction of sp³-hybridized carbons (Fsp3) is 0.0952. The van der Waals surface area contributed by atoms with Crippen molar-refractivity contribution in [2.75, 3.05) is 0 Å². The van der Waals surface area contributed by atoms with Crippen LogP contribution in [0.3, 0.4) is 0 Å². The lowest BCUT2D eigenvalue weighted by Crippen LogP contribution is -2.14. The molecule has 3 aromatic carbocycles. The summed E-state index contributed by atoms with van der Waals surface area (Å²) in [6.07, 6.45) is -4.38. The van der Waals surface area contributed by atoms with Gasteiger partial charge in [0.1, 0.15) is 11.7 Å². The molecule has 0 amide bonds. The third kappa shape index (κ3) is 4.53. The van der Waals surface area contributed by atoms with Gasteiger partial charge in [-0.25, -0.2) is 4.39 Å². The second-order valence-corrected chi connectivity index (χ2v) is 5.96. The van der Waals surface area contributed by atoms with Gasteiger partial charge < -0.3 is 5.73 Å². The minimum Gasteiger partial charge on any atom is -0.383 e. The highest BCUT2D eigenvalue weighted by atomic mass is 19.4. The van der Waals surface area contributed by atoms with E-state index in [1.165, 1.54) is 18.2 Å². The molecular formula is C21H16F4N2. The van der Waals surface area contributed by atoms with Crippen molar-refractivity contribution >= 4 is 5.84 Å². The van der Waals surface area contributed by atoms with Gasteiger partial charge in [0.15, 0.2) is 0 Å². The molecule has 0 aliphatic heterocycles. The third-order valence-corrected chi connectivity index (χ3v) is 4.06. The molecule has 0 saturated heterocycles. The van der Waals surface area contributed by atoms with Crippen LogP contribution in [-0.4, -0.2) is 5.84 Å². The summed E-state index contributed by atoms with van der Waals surface area (Å²) in [7, 11) is 0. The zero-order chi connectivity index (χ0) is 19.4. The molecule has 0 fully saturated rings. The van der Waals surface area contributed by atoms with Crippen molar-refractivity contribution in [2.24, 2.45) is 10.7 Å². The van der Waals surface area contributed by atoms with E-state index in [9.17, 15) is 17.6 Å². The number of rotatable bonds is 4. The Balaban J connectivity index is 1.75. The highest BCUT2D eigenvalue weighted by Crippen LogP contribution is 2.29. The number of halogens is 4. The molecule has 0 aliphatic carbocycles. The van der Waals surface area contributed by atoms with Crippen molar-refractivity contribution in [3.05, 3.63) is 95.3 Å². The number of nitrogens with two attached hydrogens (primary N) is 1. The molecule has 0 aromatic heterocycles. The molecule has 0 unspecified atom stereocenters. The molecule has 0 saturated carbocycles. The van der Waals surface area contributed by atoms with Gasteiger partial charge in [0, 0.05) is 11.1 Å². The Morgan fingerprint density at radius 2 is 1.56 bits per heavy atom. The summed E-state index contributed by atoms with van der Waals surface area (Å²) in [5.74, 6) is -0.306. The van der Waals surface area contributed by atoms with Crippen LogP contribution in [0.25, 0.3) is 11.1 Å². The maximum absolute atomic E-state index is 14.4. The highest BCUT2D eigenvalue weighted by molar-refractivity contribution is 5.97. The first-order valence-electron chi connectivity index (χ1n) is 8.16. The summed E-state index contributed by atoms with van der Waals surface area (Å²) >= 11 is 0. The van der Waals surface area contributed by atoms with E-state index in [0.717, 1.165) is 17.7 Å². The molecule has 6 heteroatoms. The molecule has 3 rings (SSSR count). The van der Waals surface area contributed by atoms with Crippen LogP contribution in [0.15, 0.2) is 77.8 Å². The molecular weight excluding hydrogens is 356 g/mol. The molecule has 0 aliphatic rings. The Kier molecular flexibility index (Phi) is 5.26. The van der Waals surface area contributed by atoms with Crippen molar-refractivity contribution < 1.29 is 17.6 Å². The maximum atomic E-state index is 14.4. The fourth-order valence-electron chi connectivity index (χ4n) is 2.59. The zero-order valence-corrected chi connectivity index (χ0v) is 14.2. The fourth-order valence-corrected chi connectivity index (χ4v) is 2.59. The molecule has 2 nitrogen and oxygen atoms in total. The summed E-state index contributed by atoms with van der Waals surface area (Å²) < 4.78 is 52.1. The second kappa shape index (κ2) is 7.61. The van der Waals surface area contributed by atoms with Gasteiger partial charge in [0.25, 0.3) is 0 Å². The standard InChI is InChI=1S/C21H16F4N2/c22-19-12-16(8-11-18(19)15-4-2-1-3-5-15)20(26)27-13-14-6-9-17(10-7-14)21(23,24)25/h1-12H,13H2,(H2,26,27). The van der Waals surface area contributed by atoms with Crippen molar-refractivity contribution in [3.63, 3.8) is 0 Å². The van der Waals surface area contributed by atoms with E-state index in [1.54, 1.807) is 24.3 Å². The lowest BCUT2D eigenvalue weighted by Gasteiger charge is -2.08. The first-order valence-corrected chi connectivity index (χ1v) is 8.16. The number of nitrogens with zero attached hydrogens (tertiary/aromatic N) is 1. The van der Waals surface area contributed by atoms with E-state index in [0.29, 0.717) is 16.7 Å². The first-order chi connectivity index (χ1) is 12.8. The van der Waals surface area contributed by atoms with Crippen LogP contribution in [-0.2, 0) is 12.7 Å². The Morgan fingerprint density at radius 3 is 2.15 bits per heavy atom. The van der Waals surface area contributed by atoms with Crippen LogP contribution in [0.4, 0.5) is 17.6 Å². The topological polar surface area (TPSA) is 38.4 Å². The predicted octanol–water partition coefficient (Wildman–Crippen LogP) is 5.42. The average molecular weight is 372 g/mol. The van der Waals surface area contributed by atoms with Gasteiger partial charge >= 0.3 is 6.18 Å². The van der Waals surface area contributed by atoms with Gasteiger partial charge in [0.2, 0.25) is 0 Å². The average Bonchev–Trinajstić information content (AvgIpc) is 2.66. The molecule has 0 atom stereocenters. The quantitative estimate of drug-likeness (QED) is 0.371. The first kappa shape index (κ1) is 18.6. The van der Waals surface area contributed by atoms with E-state index in [1.807, 2.05) is 18.2 Å². The molecule has 0 bridgehead atoms. The maximum Gasteiger partial charge on any atom is 0.416 e. The second-order valence-electron chi connectivity index (χ2n) is 5.96. The summed E-state index contributed by atoms with van der Waals surface area (Å²) in [5.41, 5.74) is 7.38. The van der Waals surface area contributed by atoms with Crippen molar-refractivity contribution in [3.8, 4) is 11.1 Å². The lowest BCUT2D eigenvalue weighted by atomic mass is 10.0.